The van der Waals surface area contributed by atoms with E-state index in [4.69, 9.17) is 0 Å². The van der Waals surface area contributed by atoms with Gasteiger partial charge in [-0.1, -0.05) is 30.3 Å². The Morgan fingerprint density at radius 1 is 1.03 bits per heavy atom. The quantitative estimate of drug-likeness (QED) is 0.570. The summed E-state index contributed by atoms with van der Waals surface area (Å²) in [5.74, 6) is 0. The van der Waals surface area contributed by atoms with Gasteiger partial charge in [0.1, 0.15) is 0 Å². The summed E-state index contributed by atoms with van der Waals surface area (Å²) in [5, 5.41) is 19.1. The molecule has 1 atom stereocenters. The molecule has 1 aliphatic heterocycles. The summed E-state index contributed by atoms with van der Waals surface area (Å²) in [6.07, 6.45) is 4.30. The van der Waals surface area contributed by atoms with Crippen LogP contribution in [-0.4, -0.2) is 49.2 Å². The van der Waals surface area contributed by atoms with E-state index in [1.807, 2.05) is 66.9 Å². The predicted molar refractivity (Wildman–Crippen MR) is 112 cm³/mol. The molecule has 5 rings (SSSR count). The summed E-state index contributed by atoms with van der Waals surface area (Å²) < 4.78 is 1.76. The Bertz CT molecular complexity index is 1190. The Kier molecular flexibility index (Phi) is 4.42. The van der Waals surface area contributed by atoms with Crippen LogP contribution in [0, 0.1) is 0 Å². The third kappa shape index (κ3) is 3.08. The molecule has 1 N–H and O–H groups in total. The highest BCUT2D eigenvalue weighted by molar-refractivity contribution is 5.95. The highest BCUT2D eigenvalue weighted by atomic mass is 16.3. The van der Waals surface area contributed by atoms with E-state index in [-0.39, 0.29) is 6.03 Å². The number of aliphatic hydroxyl groups is 1. The van der Waals surface area contributed by atoms with Crippen LogP contribution < -0.4 is 5.01 Å². The van der Waals surface area contributed by atoms with Crippen molar-refractivity contribution in [1.29, 1.82) is 0 Å². The predicted octanol–water partition coefficient (Wildman–Crippen LogP) is 2.99. The number of urea groups is 1. The highest BCUT2D eigenvalue weighted by Gasteiger charge is 2.42. The number of hydrogen-bond donors (Lipinski definition) is 1. The van der Waals surface area contributed by atoms with Gasteiger partial charge in [-0.2, -0.15) is 10.1 Å². The van der Waals surface area contributed by atoms with Crippen LogP contribution >= 0.6 is 0 Å². The van der Waals surface area contributed by atoms with Gasteiger partial charge in [-0.05, 0) is 35.9 Å². The Labute approximate surface area is 173 Å². The van der Waals surface area contributed by atoms with Crippen LogP contribution in [0.15, 0.2) is 79.3 Å². The minimum absolute atomic E-state index is 0.284. The van der Waals surface area contributed by atoms with Crippen molar-refractivity contribution in [3.05, 3.63) is 84.8 Å². The molecule has 30 heavy (non-hydrogen) atoms. The van der Waals surface area contributed by atoms with Gasteiger partial charge in [-0.25, -0.2) is 14.5 Å². The standard InChI is InChI=1S/C22H20N6O2/c1-25-21(29)26(14-16-6-3-2-4-7-16)22(30)28(25)18-9-10-20-17(12-18)15-27(24-20)19-8-5-11-23-13-19/h2-13,15,21,29H,14H2,1H3. The summed E-state index contributed by atoms with van der Waals surface area (Å²) in [6.45, 7) is 0.322. The number of fused-ring (bicyclic) bond motifs is 1. The molecule has 1 fully saturated rings. The number of anilines is 1. The number of aromatic nitrogens is 3. The van der Waals surface area contributed by atoms with Gasteiger partial charge in [-0.3, -0.25) is 9.88 Å². The monoisotopic (exact) mass is 400 g/mol. The topological polar surface area (TPSA) is 77.7 Å². The maximum atomic E-state index is 13.1. The lowest BCUT2D eigenvalue weighted by Crippen LogP contribution is -2.39. The number of hydrogen-bond acceptors (Lipinski definition) is 5. The fourth-order valence-electron chi connectivity index (χ4n) is 3.65. The molecule has 0 radical (unpaired) electrons. The van der Waals surface area contributed by atoms with Gasteiger partial charge in [0.05, 0.1) is 29.6 Å². The molecule has 1 saturated heterocycles. The molecule has 8 nitrogen and oxygen atoms in total. The molecule has 2 aromatic heterocycles. The first-order chi connectivity index (χ1) is 14.6. The smallest absolute Gasteiger partial charge is 0.342 e. The molecular formula is C22H20N6O2. The highest BCUT2D eigenvalue weighted by Crippen LogP contribution is 2.30. The van der Waals surface area contributed by atoms with E-state index in [0.717, 1.165) is 22.2 Å². The summed E-state index contributed by atoms with van der Waals surface area (Å²) in [5.41, 5.74) is 3.27. The number of nitrogens with zero attached hydrogens (tertiary/aromatic N) is 6. The number of pyridine rings is 1. The molecular weight excluding hydrogens is 380 g/mol. The number of carbonyl (C=O) groups is 1. The Hall–Kier alpha value is -3.75. The van der Waals surface area contributed by atoms with E-state index >= 15 is 0 Å². The second-order valence-electron chi connectivity index (χ2n) is 7.16. The van der Waals surface area contributed by atoms with E-state index in [0.29, 0.717) is 12.2 Å². The Balaban J connectivity index is 1.46. The van der Waals surface area contributed by atoms with Crippen molar-refractivity contribution in [2.24, 2.45) is 0 Å². The molecule has 1 unspecified atom stereocenters. The molecule has 1 aliphatic rings. The number of benzene rings is 2. The first-order valence-corrected chi connectivity index (χ1v) is 9.57. The van der Waals surface area contributed by atoms with Gasteiger partial charge in [0.15, 0.2) is 0 Å². The van der Waals surface area contributed by atoms with E-state index in [1.54, 1.807) is 24.1 Å². The zero-order valence-electron chi connectivity index (χ0n) is 16.3. The van der Waals surface area contributed by atoms with Gasteiger partial charge in [0.2, 0.25) is 6.35 Å². The third-order valence-corrected chi connectivity index (χ3v) is 5.19. The van der Waals surface area contributed by atoms with Gasteiger partial charge in [0, 0.05) is 24.8 Å². The molecule has 0 bridgehead atoms. The van der Waals surface area contributed by atoms with E-state index in [2.05, 4.69) is 10.1 Å². The number of carbonyl (C=O) groups excluding carboxylic acids is 1. The number of amides is 2. The van der Waals surface area contributed by atoms with Gasteiger partial charge >= 0.3 is 6.03 Å². The van der Waals surface area contributed by atoms with Crippen LogP contribution in [0.2, 0.25) is 0 Å². The Morgan fingerprint density at radius 2 is 1.87 bits per heavy atom. The molecule has 8 heteroatoms. The molecule has 3 heterocycles. The fraction of sp³-hybridized carbons (Fsp3) is 0.136. The lowest BCUT2D eigenvalue weighted by molar-refractivity contribution is -0.0434. The maximum absolute atomic E-state index is 13.1. The average molecular weight is 400 g/mol. The average Bonchev–Trinajstić information content (AvgIpc) is 3.29. The van der Waals surface area contributed by atoms with Crippen LogP contribution in [0.25, 0.3) is 16.6 Å². The SMILES string of the molecule is CN1C(O)N(Cc2ccccc2)C(=O)N1c1ccc2nn(-c3cccnc3)cc2c1. The first-order valence-electron chi connectivity index (χ1n) is 9.57. The van der Waals surface area contributed by atoms with Crippen LogP contribution in [0.5, 0.6) is 0 Å². The minimum atomic E-state index is -1.05. The first kappa shape index (κ1) is 18.3. The lowest BCUT2D eigenvalue weighted by atomic mass is 10.2. The second-order valence-corrected chi connectivity index (χ2v) is 7.16. The number of aliphatic hydroxyl groups excluding tert-OH is 1. The molecule has 0 saturated carbocycles. The van der Waals surface area contributed by atoms with Crippen LogP contribution in [0.3, 0.4) is 0 Å². The van der Waals surface area contributed by atoms with Crippen LogP contribution in [0.1, 0.15) is 5.56 Å². The van der Waals surface area contributed by atoms with Gasteiger partial charge < -0.3 is 5.11 Å². The molecule has 150 valence electrons. The van der Waals surface area contributed by atoms with Crippen molar-refractivity contribution < 1.29 is 9.90 Å². The lowest BCUT2D eigenvalue weighted by Gasteiger charge is -2.23. The normalized spacial score (nSPS) is 17.3. The fourth-order valence-corrected chi connectivity index (χ4v) is 3.65. The number of hydrazine groups is 1. The van der Waals surface area contributed by atoms with Crippen molar-refractivity contribution in [3.63, 3.8) is 0 Å². The summed E-state index contributed by atoms with van der Waals surface area (Å²) >= 11 is 0. The maximum Gasteiger partial charge on any atom is 0.342 e. The Morgan fingerprint density at radius 3 is 2.63 bits per heavy atom. The largest absolute Gasteiger partial charge is 0.359 e. The third-order valence-electron chi connectivity index (χ3n) is 5.19. The summed E-state index contributed by atoms with van der Waals surface area (Å²) in [7, 11) is 1.69. The zero-order chi connectivity index (χ0) is 20.7. The van der Waals surface area contributed by atoms with Gasteiger partial charge in [-0.15, -0.1) is 0 Å². The van der Waals surface area contributed by atoms with Crippen molar-refractivity contribution in [1.82, 2.24) is 24.7 Å². The summed E-state index contributed by atoms with van der Waals surface area (Å²) in [4.78, 5) is 18.7. The van der Waals surface area contributed by atoms with E-state index in [1.165, 1.54) is 14.9 Å². The zero-order valence-corrected chi connectivity index (χ0v) is 16.3. The van der Waals surface area contributed by atoms with E-state index in [9.17, 15) is 9.90 Å². The van der Waals surface area contributed by atoms with Crippen molar-refractivity contribution in [2.45, 2.75) is 12.9 Å². The second kappa shape index (κ2) is 7.25. The van der Waals surface area contributed by atoms with Crippen LogP contribution in [-0.2, 0) is 6.54 Å². The van der Waals surface area contributed by atoms with Gasteiger partial charge in [0.25, 0.3) is 0 Å². The molecule has 0 aliphatic carbocycles. The molecule has 4 aromatic rings. The molecule has 2 amide bonds. The molecule has 2 aromatic carbocycles. The van der Waals surface area contributed by atoms with Crippen LogP contribution in [0.4, 0.5) is 10.5 Å². The van der Waals surface area contributed by atoms with Crippen molar-refractivity contribution in [2.75, 3.05) is 12.1 Å². The molecule has 0 spiro atoms. The van der Waals surface area contributed by atoms with E-state index < -0.39 is 6.35 Å². The minimum Gasteiger partial charge on any atom is -0.359 e. The number of rotatable bonds is 4. The summed E-state index contributed by atoms with van der Waals surface area (Å²) in [6, 6.07) is 18.7. The van der Waals surface area contributed by atoms with Crippen molar-refractivity contribution >= 4 is 22.6 Å². The van der Waals surface area contributed by atoms with Crippen molar-refractivity contribution in [3.8, 4) is 5.69 Å².